The fraction of sp³-hybridized carbons (Fsp3) is 0.321. The first kappa shape index (κ1) is 26.5. The molecule has 0 bridgehead atoms. The Kier molecular flexibility index (Phi) is 8.68. The Morgan fingerprint density at radius 2 is 1.95 bits per heavy atom. The maximum atomic E-state index is 12.2. The SMILES string of the molecule is CCOC(=O)c1ccc(Nc2ccc(Oc3ccc([S+](C)[O-])cc3)c(CC3CCCN3C(C)=O)c2)nc1. The molecule has 2 unspecified atom stereocenters. The van der Waals surface area contributed by atoms with Crippen molar-refractivity contribution in [1.29, 1.82) is 0 Å². The van der Waals surface area contributed by atoms with Crippen LogP contribution >= 0.6 is 0 Å². The van der Waals surface area contributed by atoms with Gasteiger partial charge >= 0.3 is 5.97 Å². The molecular formula is C28H31N3O5S. The lowest BCUT2D eigenvalue weighted by Gasteiger charge is -2.24. The van der Waals surface area contributed by atoms with E-state index in [9.17, 15) is 14.1 Å². The number of aromatic nitrogens is 1. The molecule has 2 heterocycles. The summed E-state index contributed by atoms with van der Waals surface area (Å²) >= 11 is -1.06. The first-order valence-electron chi connectivity index (χ1n) is 12.3. The number of nitrogens with one attached hydrogen (secondary N) is 1. The zero-order valence-electron chi connectivity index (χ0n) is 21.2. The lowest BCUT2D eigenvalue weighted by molar-refractivity contribution is -0.129. The van der Waals surface area contributed by atoms with Crippen LogP contribution in [0.4, 0.5) is 11.5 Å². The number of ether oxygens (including phenoxy) is 2. The van der Waals surface area contributed by atoms with Crippen LogP contribution in [0.2, 0.25) is 0 Å². The Morgan fingerprint density at radius 3 is 2.59 bits per heavy atom. The molecule has 194 valence electrons. The number of carbonyl (C=O) groups is 2. The number of rotatable bonds is 9. The third-order valence-electron chi connectivity index (χ3n) is 6.23. The molecule has 9 heteroatoms. The van der Waals surface area contributed by atoms with Crippen LogP contribution in [0.25, 0.3) is 0 Å². The van der Waals surface area contributed by atoms with Crippen LogP contribution in [0.1, 0.15) is 42.6 Å². The number of likely N-dealkylation sites (tertiary alicyclic amines) is 1. The number of amides is 1. The molecule has 1 aliphatic rings. The summed E-state index contributed by atoms with van der Waals surface area (Å²) in [5.41, 5.74) is 2.15. The van der Waals surface area contributed by atoms with Gasteiger partial charge in [-0.2, -0.15) is 0 Å². The molecule has 1 aromatic heterocycles. The Hall–Kier alpha value is -3.56. The van der Waals surface area contributed by atoms with Crippen LogP contribution < -0.4 is 10.1 Å². The van der Waals surface area contributed by atoms with E-state index in [0.717, 1.165) is 35.5 Å². The number of pyridine rings is 1. The monoisotopic (exact) mass is 521 g/mol. The predicted molar refractivity (Wildman–Crippen MR) is 143 cm³/mol. The number of hydrogen-bond donors (Lipinski definition) is 1. The molecule has 1 N–H and O–H groups in total. The van der Waals surface area contributed by atoms with E-state index in [4.69, 9.17) is 9.47 Å². The Labute approximate surface area is 220 Å². The van der Waals surface area contributed by atoms with Gasteiger partial charge in [0.25, 0.3) is 0 Å². The molecule has 1 aliphatic heterocycles. The van der Waals surface area contributed by atoms with Crippen molar-refractivity contribution >= 4 is 34.6 Å². The Bertz CT molecular complexity index is 1230. The molecule has 3 aromatic rings. The number of benzene rings is 2. The molecule has 2 aromatic carbocycles. The van der Waals surface area contributed by atoms with E-state index in [-0.39, 0.29) is 11.9 Å². The second-order valence-electron chi connectivity index (χ2n) is 8.84. The lowest BCUT2D eigenvalue weighted by atomic mass is 10.0. The zero-order chi connectivity index (χ0) is 26.4. The van der Waals surface area contributed by atoms with Crippen LogP contribution in [0.3, 0.4) is 0 Å². The third-order valence-corrected chi connectivity index (χ3v) is 7.16. The van der Waals surface area contributed by atoms with Crippen LogP contribution in [0.15, 0.2) is 65.7 Å². The van der Waals surface area contributed by atoms with Gasteiger partial charge in [-0.15, -0.1) is 0 Å². The van der Waals surface area contributed by atoms with Crippen molar-refractivity contribution in [2.75, 3.05) is 24.7 Å². The minimum absolute atomic E-state index is 0.0771. The van der Waals surface area contributed by atoms with Gasteiger partial charge in [-0.25, -0.2) is 9.78 Å². The second kappa shape index (κ2) is 12.1. The van der Waals surface area contributed by atoms with E-state index in [2.05, 4.69) is 10.3 Å². The Morgan fingerprint density at radius 1 is 1.16 bits per heavy atom. The highest BCUT2D eigenvalue weighted by Crippen LogP contribution is 2.33. The fourth-order valence-electron chi connectivity index (χ4n) is 4.41. The standard InChI is InChI=1S/C28H31N3O5S/c1-4-35-28(33)20-7-14-27(29-18-20)30-22-8-13-26(36-24-9-11-25(12-10-24)37(3)34)21(16-22)17-23-6-5-15-31(23)19(2)32/h7-14,16,18,23H,4-6,15,17H2,1-3H3,(H,29,30). The minimum atomic E-state index is -1.06. The van der Waals surface area contributed by atoms with Gasteiger partial charge in [-0.1, -0.05) is 0 Å². The highest BCUT2D eigenvalue weighted by molar-refractivity contribution is 7.90. The summed E-state index contributed by atoms with van der Waals surface area (Å²) in [6.45, 7) is 4.44. The summed E-state index contributed by atoms with van der Waals surface area (Å²) in [6.07, 6.45) is 5.68. The summed E-state index contributed by atoms with van der Waals surface area (Å²) in [7, 11) is 0. The van der Waals surface area contributed by atoms with Crippen LogP contribution in [-0.4, -0.2) is 51.8 Å². The molecule has 1 amide bonds. The van der Waals surface area contributed by atoms with Gasteiger partial charge in [0.2, 0.25) is 5.91 Å². The van der Waals surface area contributed by atoms with Crippen LogP contribution in [-0.2, 0) is 27.1 Å². The summed E-state index contributed by atoms with van der Waals surface area (Å²) in [5, 5.41) is 3.28. The molecule has 8 nitrogen and oxygen atoms in total. The molecule has 1 saturated heterocycles. The van der Waals surface area contributed by atoms with Crippen molar-refractivity contribution in [2.45, 2.75) is 44.0 Å². The van der Waals surface area contributed by atoms with Crippen molar-refractivity contribution in [3.05, 3.63) is 71.9 Å². The fourth-order valence-corrected chi connectivity index (χ4v) is 4.93. The predicted octanol–water partition coefficient (Wildman–Crippen LogP) is 5.09. The van der Waals surface area contributed by atoms with Crippen molar-refractivity contribution in [1.82, 2.24) is 9.88 Å². The van der Waals surface area contributed by atoms with E-state index < -0.39 is 17.1 Å². The highest BCUT2D eigenvalue weighted by Gasteiger charge is 2.27. The Balaban J connectivity index is 1.57. The van der Waals surface area contributed by atoms with Gasteiger partial charge in [-0.3, -0.25) is 4.79 Å². The molecule has 2 atom stereocenters. The number of carbonyl (C=O) groups excluding carboxylic acids is 2. The number of hydrogen-bond acceptors (Lipinski definition) is 7. The van der Waals surface area contributed by atoms with Gasteiger partial charge in [0.1, 0.15) is 23.6 Å². The van der Waals surface area contributed by atoms with Crippen LogP contribution in [0, 0.1) is 0 Å². The van der Waals surface area contributed by atoms with Gasteiger partial charge in [-0.05, 0) is 97.5 Å². The van der Waals surface area contributed by atoms with E-state index >= 15 is 0 Å². The first-order chi connectivity index (χ1) is 17.8. The molecule has 0 radical (unpaired) electrons. The molecule has 0 saturated carbocycles. The number of anilines is 2. The lowest BCUT2D eigenvalue weighted by Crippen LogP contribution is -2.35. The maximum Gasteiger partial charge on any atom is 0.339 e. The van der Waals surface area contributed by atoms with Crippen molar-refractivity contribution in [2.24, 2.45) is 0 Å². The van der Waals surface area contributed by atoms with Crippen molar-refractivity contribution in [3.8, 4) is 11.5 Å². The van der Waals surface area contributed by atoms with Crippen molar-refractivity contribution < 1.29 is 23.6 Å². The molecule has 0 aliphatic carbocycles. The number of esters is 1. The largest absolute Gasteiger partial charge is 0.612 e. The van der Waals surface area contributed by atoms with E-state index in [1.54, 1.807) is 56.5 Å². The first-order valence-corrected chi connectivity index (χ1v) is 13.8. The quantitative estimate of drug-likeness (QED) is 0.309. The highest BCUT2D eigenvalue weighted by atomic mass is 32.2. The number of nitrogens with zero attached hydrogens (tertiary/aromatic N) is 2. The second-order valence-corrected chi connectivity index (χ2v) is 10.2. The van der Waals surface area contributed by atoms with E-state index in [1.807, 2.05) is 23.1 Å². The van der Waals surface area contributed by atoms with Gasteiger partial charge in [0.05, 0.1) is 12.2 Å². The maximum absolute atomic E-state index is 12.2. The molecular weight excluding hydrogens is 490 g/mol. The molecule has 0 spiro atoms. The van der Waals surface area contributed by atoms with E-state index in [0.29, 0.717) is 35.9 Å². The average Bonchev–Trinajstić information content (AvgIpc) is 3.35. The zero-order valence-corrected chi connectivity index (χ0v) is 22.0. The average molecular weight is 522 g/mol. The summed E-state index contributed by atoms with van der Waals surface area (Å²) in [4.78, 5) is 31.0. The van der Waals surface area contributed by atoms with Crippen molar-refractivity contribution in [3.63, 3.8) is 0 Å². The van der Waals surface area contributed by atoms with Crippen LogP contribution in [0.5, 0.6) is 11.5 Å². The molecule has 4 rings (SSSR count). The smallest absolute Gasteiger partial charge is 0.339 e. The third kappa shape index (κ3) is 6.81. The van der Waals surface area contributed by atoms with Gasteiger partial charge in [0.15, 0.2) is 4.90 Å². The van der Waals surface area contributed by atoms with Gasteiger partial charge in [0, 0.05) is 31.4 Å². The summed E-state index contributed by atoms with van der Waals surface area (Å²) in [5.74, 6) is 1.59. The van der Waals surface area contributed by atoms with Gasteiger partial charge < -0.3 is 24.2 Å². The summed E-state index contributed by atoms with van der Waals surface area (Å²) in [6, 6.07) is 16.5. The topological polar surface area (TPSA) is 104 Å². The normalized spacial score (nSPS) is 15.8. The van der Waals surface area contributed by atoms with E-state index in [1.165, 1.54) is 6.20 Å². The molecule has 37 heavy (non-hydrogen) atoms. The minimum Gasteiger partial charge on any atom is -0.612 e. The molecule has 1 fully saturated rings. The summed E-state index contributed by atoms with van der Waals surface area (Å²) < 4.78 is 23.0.